The van der Waals surface area contributed by atoms with Gasteiger partial charge in [-0.2, -0.15) is 0 Å². The van der Waals surface area contributed by atoms with Crippen molar-refractivity contribution in [3.63, 3.8) is 0 Å². The first-order valence-electron chi connectivity index (χ1n) is 10.3. The average molecular weight is 437 g/mol. The van der Waals surface area contributed by atoms with Crippen LogP contribution in [-0.2, 0) is 14.3 Å². The highest BCUT2D eigenvalue weighted by Crippen LogP contribution is 2.36. The number of hydrogen-bond acceptors (Lipinski definition) is 5. The van der Waals surface area contributed by atoms with Gasteiger partial charge in [-0.25, -0.2) is 4.79 Å². The van der Waals surface area contributed by atoms with E-state index in [1.807, 2.05) is 56.3 Å². The third-order valence-corrected chi connectivity index (χ3v) is 6.60. The molecule has 31 heavy (non-hydrogen) atoms. The van der Waals surface area contributed by atoms with Crippen molar-refractivity contribution in [2.75, 3.05) is 10.6 Å². The van der Waals surface area contributed by atoms with E-state index in [1.165, 1.54) is 18.3 Å². The predicted molar refractivity (Wildman–Crippen MR) is 123 cm³/mol. The van der Waals surface area contributed by atoms with Crippen LogP contribution in [0.5, 0.6) is 0 Å². The number of esters is 1. The summed E-state index contributed by atoms with van der Waals surface area (Å²) >= 11 is 1.35. The van der Waals surface area contributed by atoms with Crippen molar-refractivity contribution in [2.24, 2.45) is 5.92 Å². The molecule has 1 atom stereocenters. The molecule has 2 N–H and O–H groups in total. The van der Waals surface area contributed by atoms with E-state index in [1.54, 1.807) is 0 Å². The van der Waals surface area contributed by atoms with Crippen LogP contribution in [0.2, 0.25) is 0 Å². The molecule has 1 aliphatic carbocycles. The molecule has 1 heterocycles. The van der Waals surface area contributed by atoms with E-state index in [9.17, 15) is 14.4 Å². The maximum absolute atomic E-state index is 12.9. The van der Waals surface area contributed by atoms with Gasteiger partial charge in [0, 0.05) is 21.9 Å². The van der Waals surface area contributed by atoms with Gasteiger partial charge in [-0.05, 0) is 50.6 Å². The van der Waals surface area contributed by atoms with Crippen LogP contribution >= 0.6 is 11.3 Å². The van der Waals surface area contributed by atoms with Crippen LogP contribution in [0.4, 0.5) is 10.7 Å². The van der Waals surface area contributed by atoms with E-state index in [2.05, 4.69) is 10.6 Å². The number of ether oxygens (including phenoxy) is 1. The van der Waals surface area contributed by atoms with E-state index >= 15 is 0 Å². The molecular formula is C24H24N2O4S. The van der Waals surface area contributed by atoms with Gasteiger partial charge in [0.1, 0.15) is 5.00 Å². The second-order valence-electron chi connectivity index (χ2n) is 7.81. The molecule has 6 nitrogen and oxygen atoms in total. The second kappa shape index (κ2) is 8.51. The quantitative estimate of drug-likeness (QED) is 0.530. The SMILES string of the molecule is Cc1sc(NC(=O)C2CC2)c(C(=O)OC(C)C(=O)Nc2cccc3ccccc23)c1C. The molecule has 1 aliphatic rings. The van der Waals surface area contributed by atoms with E-state index in [0.717, 1.165) is 34.1 Å². The van der Waals surface area contributed by atoms with Crippen LogP contribution in [0, 0.1) is 19.8 Å². The average Bonchev–Trinajstić information content (AvgIpc) is 3.55. The number of fused-ring (bicyclic) bond motifs is 1. The van der Waals surface area contributed by atoms with Crippen molar-refractivity contribution in [1.82, 2.24) is 0 Å². The Bertz CT molecular complexity index is 1170. The summed E-state index contributed by atoms with van der Waals surface area (Å²) in [5.74, 6) is -1.08. The standard InChI is InChI=1S/C24H24N2O4S/c1-13-15(3)31-23(26-22(28)17-11-12-17)20(13)24(29)30-14(2)21(27)25-19-10-6-8-16-7-4-5-9-18(16)19/h4-10,14,17H,11-12H2,1-3H3,(H,25,27)(H,26,28). The fourth-order valence-electron chi connectivity index (χ4n) is 3.36. The molecule has 1 fully saturated rings. The minimum Gasteiger partial charge on any atom is -0.449 e. The van der Waals surface area contributed by atoms with Gasteiger partial charge in [0.2, 0.25) is 5.91 Å². The molecule has 160 valence electrons. The largest absolute Gasteiger partial charge is 0.449 e. The molecule has 0 bridgehead atoms. The minimum absolute atomic E-state index is 0.0250. The lowest BCUT2D eigenvalue weighted by Crippen LogP contribution is -2.30. The van der Waals surface area contributed by atoms with Crippen molar-refractivity contribution in [2.45, 2.75) is 39.7 Å². The molecule has 0 radical (unpaired) electrons. The number of carbonyl (C=O) groups is 3. The first kappa shape index (κ1) is 21.1. The highest BCUT2D eigenvalue weighted by atomic mass is 32.1. The Balaban J connectivity index is 1.48. The van der Waals surface area contributed by atoms with Crippen molar-refractivity contribution in [3.8, 4) is 0 Å². The highest BCUT2D eigenvalue weighted by molar-refractivity contribution is 7.16. The zero-order valence-electron chi connectivity index (χ0n) is 17.7. The Morgan fingerprint density at radius 2 is 1.74 bits per heavy atom. The molecule has 3 aromatic rings. The van der Waals surface area contributed by atoms with Gasteiger partial charge < -0.3 is 15.4 Å². The van der Waals surface area contributed by atoms with Crippen LogP contribution in [0.1, 0.15) is 40.6 Å². The van der Waals surface area contributed by atoms with Crippen molar-refractivity contribution >= 4 is 50.6 Å². The van der Waals surface area contributed by atoms with Crippen molar-refractivity contribution in [1.29, 1.82) is 0 Å². The molecule has 7 heteroatoms. The third kappa shape index (κ3) is 4.46. The topological polar surface area (TPSA) is 84.5 Å². The van der Waals surface area contributed by atoms with Crippen LogP contribution in [0.3, 0.4) is 0 Å². The van der Waals surface area contributed by atoms with Gasteiger partial charge in [-0.1, -0.05) is 36.4 Å². The van der Waals surface area contributed by atoms with Crippen LogP contribution < -0.4 is 10.6 Å². The van der Waals surface area contributed by atoms with E-state index < -0.39 is 18.0 Å². The number of rotatable bonds is 6. The molecule has 2 aromatic carbocycles. The molecule has 0 saturated heterocycles. The number of benzene rings is 2. The molecule has 1 aromatic heterocycles. The van der Waals surface area contributed by atoms with Crippen molar-refractivity contribution in [3.05, 3.63) is 58.5 Å². The normalized spacial score (nSPS) is 14.2. The third-order valence-electron chi connectivity index (χ3n) is 5.47. The van der Waals surface area contributed by atoms with Crippen molar-refractivity contribution < 1.29 is 19.1 Å². The summed E-state index contributed by atoms with van der Waals surface area (Å²) < 4.78 is 5.48. The van der Waals surface area contributed by atoms with Gasteiger partial charge in [-0.3, -0.25) is 9.59 Å². The molecule has 4 rings (SSSR count). The van der Waals surface area contributed by atoms with Crippen LogP contribution in [0.15, 0.2) is 42.5 Å². The Morgan fingerprint density at radius 1 is 1.03 bits per heavy atom. The number of carbonyl (C=O) groups excluding carboxylic acids is 3. The zero-order valence-corrected chi connectivity index (χ0v) is 18.5. The number of nitrogens with one attached hydrogen (secondary N) is 2. The number of anilines is 2. The van der Waals surface area contributed by atoms with Gasteiger partial charge in [-0.15, -0.1) is 11.3 Å². The predicted octanol–water partition coefficient (Wildman–Crippen LogP) is 5.05. The lowest BCUT2D eigenvalue weighted by Gasteiger charge is -2.15. The summed E-state index contributed by atoms with van der Waals surface area (Å²) in [6.07, 6.45) is 0.749. The fourth-order valence-corrected chi connectivity index (χ4v) is 4.41. The molecule has 0 aliphatic heterocycles. The van der Waals surface area contributed by atoms with Gasteiger partial charge in [0.15, 0.2) is 6.10 Å². The lowest BCUT2D eigenvalue weighted by atomic mass is 10.1. The fraction of sp³-hybridized carbons (Fsp3) is 0.292. The number of hydrogen-bond donors (Lipinski definition) is 2. The zero-order chi connectivity index (χ0) is 22.1. The summed E-state index contributed by atoms with van der Waals surface area (Å²) in [7, 11) is 0. The molecule has 2 amide bonds. The van der Waals surface area contributed by atoms with E-state index in [4.69, 9.17) is 4.74 Å². The number of thiophene rings is 1. The second-order valence-corrected chi connectivity index (χ2v) is 9.04. The molecule has 1 unspecified atom stereocenters. The first-order valence-corrected chi connectivity index (χ1v) is 11.1. The Labute approximate surface area is 184 Å². The summed E-state index contributed by atoms with van der Waals surface area (Å²) in [4.78, 5) is 38.7. The molecule has 0 spiro atoms. The maximum Gasteiger partial charge on any atom is 0.342 e. The number of amides is 2. The monoisotopic (exact) mass is 436 g/mol. The summed E-state index contributed by atoms with van der Waals surface area (Å²) in [5.41, 5.74) is 1.73. The first-order chi connectivity index (χ1) is 14.8. The summed E-state index contributed by atoms with van der Waals surface area (Å²) in [5, 5.41) is 8.10. The van der Waals surface area contributed by atoms with Crippen LogP contribution in [0.25, 0.3) is 10.8 Å². The minimum atomic E-state index is -1.00. The summed E-state index contributed by atoms with van der Waals surface area (Å²) in [6.45, 7) is 5.24. The Hall–Kier alpha value is -3.19. The van der Waals surface area contributed by atoms with E-state index in [-0.39, 0.29) is 11.8 Å². The maximum atomic E-state index is 12.9. The smallest absolute Gasteiger partial charge is 0.342 e. The van der Waals surface area contributed by atoms with Gasteiger partial charge in [0.05, 0.1) is 5.56 Å². The van der Waals surface area contributed by atoms with E-state index in [0.29, 0.717) is 16.3 Å². The number of aryl methyl sites for hydroxylation is 1. The molecule has 1 saturated carbocycles. The van der Waals surface area contributed by atoms with Gasteiger partial charge in [0.25, 0.3) is 5.91 Å². The highest BCUT2D eigenvalue weighted by Gasteiger charge is 2.32. The Kier molecular flexibility index (Phi) is 5.78. The summed E-state index contributed by atoms with van der Waals surface area (Å²) in [6, 6.07) is 13.4. The Morgan fingerprint density at radius 3 is 2.48 bits per heavy atom. The van der Waals surface area contributed by atoms with Gasteiger partial charge >= 0.3 is 5.97 Å². The van der Waals surface area contributed by atoms with Crippen LogP contribution in [-0.4, -0.2) is 23.9 Å². The lowest BCUT2D eigenvalue weighted by molar-refractivity contribution is -0.123. The molecular weight excluding hydrogens is 412 g/mol.